The first kappa shape index (κ1) is 16.7. The van der Waals surface area contributed by atoms with Gasteiger partial charge in [-0.25, -0.2) is 0 Å². The normalized spacial score (nSPS) is 18.8. The molecule has 0 aromatic heterocycles. The lowest BCUT2D eigenvalue weighted by molar-refractivity contribution is 0.0266. The minimum Gasteiger partial charge on any atom is -0.389 e. The molecule has 1 unspecified atom stereocenters. The van der Waals surface area contributed by atoms with Crippen molar-refractivity contribution in [1.82, 2.24) is 10.2 Å². The molecule has 0 aliphatic carbocycles. The van der Waals surface area contributed by atoms with Crippen LogP contribution in [-0.4, -0.2) is 55.4 Å². The molecule has 1 aromatic carbocycles. The van der Waals surface area contributed by atoms with Crippen LogP contribution in [0, 0.1) is 0 Å². The molecule has 21 heavy (non-hydrogen) atoms. The van der Waals surface area contributed by atoms with Crippen molar-refractivity contribution in [2.24, 2.45) is 0 Å². The highest BCUT2D eigenvalue weighted by molar-refractivity contribution is 6.31. The molecule has 0 radical (unpaired) electrons. The van der Waals surface area contributed by atoms with Gasteiger partial charge in [0, 0.05) is 17.6 Å². The van der Waals surface area contributed by atoms with Gasteiger partial charge in [-0.3, -0.25) is 0 Å². The van der Waals surface area contributed by atoms with E-state index in [0.29, 0.717) is 30.8 Å². The Morgan fingerprint density at radius 2 is 2.10 bits per heavy atom. The Morgan fingerprint density at radius 3 is 2.81 bits per heavy atom. The van der Waals surface area contributed by atoms with Crippen LogP contribution < -0.4 is 5.32 Å². The van der Waals surface area contributed by atoms with E-state index in [0.717, 1.165) is 31.5 Å². The number of ether oxygens (including phenoxy) is 1. The molecule has 2 rings (SSSR count). The fourth-order valence-electron chi connectivity index (χ4n) is 2.49. The van der Waals surface area contributed by atoms with Crippen LogP contribution in [0.1, 0.15) is 18.4 Å². The summed E-state index contributed by atoms with van der Waals surface area (Å²) in [6.07, 6.45) is 1.81. The maximum atomic E-state index is 9.95. The molecule has 1 aromatic rings. The zero-order chi connectivity index (χ0) is 15.1. The third-order valence-corrected chi connectivity index (χ3v) is 4.26. The summed E-state index contributed by atoms with van der Waals surface area (Å²) in [5.41, 5.74) is 0.953. The Bertz CT molecular complexity index is 422. The lowest BCUT2D eigenvalue weighted by Crippen LogP contribution is -2.44. The minimum absolute atomic E-state index is 0.324. The number of hydrogen-bond acceptors (Lipinski definition) is 4. The first-order valence-corrected chi connectivity index (χ1v) is 7.94. The molecule has 118 valence electrons. The molecular weight excluding hydrogens is 288 g/mol. The lowest BCUT2D eigenvalue weighted by atomic mass is 10.1. The lowest BCUT2D eigenvalue weighted by Gasteiger charge is -2.30. The molecule has 5 heteroatoms. The predicted molar refractivity (Wildman–Crippen MR) is 85.6 cm³/mol. The number of aliphatic hydroxyl groups excluding tert-OH is 1. The molecule has 1 aliphatic heterocycles. The van der Waals surface area contributed by atoms with Crippen LogP contribution in [0.15, 0.2) is 24.3 Å². The molecule has 0 amide bonds. The van der Waals surface area contributed by atoms with Gasteiger partial charge in [-0.15, -0.1) is 0 Å². The third-order valence-electron chi connectivity index (χ3n) is 3.89. The van der Waals surface area contributed by atoms with Gasteiger partial charge in [0.05, 0.1) is 19.3 Å². The van der Waals surface area contributed by atoms with Crippen molar-refractivity contribution in [3.63, 3.8) is 0 Å². The number of hydrogen-bond donors (Lipinski definition) is 2. The molecular formula is C16H25ClN2O2. The SMILES string of the molecule is CN1CCC(NCC(O)COCc2ccccc2Cl)CC1. The Balaban J connectivity index is 1.59. The first-order chi connectivity index (χ1) is 10.1. The van der Waals surface area contributed by atoms with E-state index >= 15 is 0 Å². The Hall–Kier alpha value is -0.650. The van der Waals surface area contributed by atoms with Gasteiger partial charge in [-0.1, -0.05) is 29.8 Å². The average Bonchev–Trinajstić information content (AvgIpc) is 2.49. The van der Waals surface area contributed by atoms with E-state index in [4.69, 9.17) is 16.3 Å². The van der Waals surface area contributed by atoms with Crippen LogP contribution in [0.4, 0.5) is 0 Å². The van der Waals surface area contributed by atoms with E-state index in [9.17, 15) is 5.11 Å². The summed E-state index contributed by atoms with van der Waals surface area (Å²) in [6, 6.07) is 8.12. The van der Waals surface area contributed by atoms with Crippen molar-refractivity contribution in [2.45, 2.75) is 31.6 Å². The van der Waals surface area contributed by atoms with E-state index in [2.05, 4.69) is 17.3 Å². The van der Waals surface area contributed by atoms with Gasteiger partial charge in [-0.05, 0) is 44.6 Å². The summed E-state index contributed by atoms with van der Waals surface area (Å²) in [7, 11) is 2.15. The fourth-order valence-corrected chi connectivity index (χ4v) is 2.69. The summed E-state index contributed by atoms with van der Waals surface area (Å²) >= 11 is 6.06. The highest BCUT2D eigenvalue weighted by Crippen LogP contribution is 2.15. The van der Waals surface area contributed by atoms with Gasteiger partial charge in [-0.2, -0.15) is 0 Å². The van der Waals surface area contributed by atoms with Crippen molar-refractivity contribution < 1.29 is 9.84 Å². The summed E-state index contributed by atoms with van der Waals surface area (Å²) in [5.74, 6) is 0. The van der Waals surface area contributed by atoms with E-state index in [1.165, 1.54) is 0 Å². The standard InChI is InChI=1S/C16H25ClN2O2/c1-19-8-6-14(7-9-19)18-10-15(20)12-21-11-13-4-2-3-5-16(13)17/h2-5,14-15,18,20H,6-12H2,1H3. The summed E-state index contributed by atoms with van der Waals surface area (Å²) in [6.45, 7) is 3.58. The smallest absolute Gasteiger partial charge is 0.0897 e. The van der Waals surface area contributed by atoms with E-state index in [1.807, 2.05) is 24.3 Å². The highest BCUT2D eigenvalue weighted by atomic mass is 35.5. The van der Waals surface area contributed by atoms with Gasteiger partial charge >= 0.3 is 0 Å². The van der Waals surface area contributed by atoms with Crippen molar-refractivity contribution in [2.75, 3.05) is 33.3 Å². The van der Waals surface area contributed by atoms with Gasteiger partial charge in [0.1, 0.15) is 0 Å². The van der Waals surface area contributed by atoms with Crippen LogP contribution in [0.2, 0.25) is 5.02 Å². The molecule has 1 aliphatic rings. The Morgan fingerprint density at radius 1 is 1.38 bits per heavy atom. The molecule has 1 atom stereocenters. The second-order valence-corrected chi connectivity index (χ2v) is 6.15. The topological polar surface area (TPSA) is 44.7 Å². The van der Waals surface area contributed by atoms with E-state index < -0.39 is 6.10 Å². The number of halogens is 1. The van der Waals surface area contributed by atoms with Crippen LogP contribution in [0.3, 0.4) is 0 Å². The number of nitrogens with zero attached hydrogens (tertiary/aromatic N) is 1. The monoisotopic (exact) mass is 312 g/mol. The number of benzene rings is 1. The first-order valence-electron chi connectivity index (χ1n) is 7.56. The molecule has 0 bridgehead atoms. The molecule has 1 heterocycles. The van der Waals surface area contributed by atoms with Crippen molar-refractivity contribution in [3.05, 3.63) is 34.9 Å². The predicted octanol–water partition coefficient (Wildman–Crippen LogP) is 1.90. The van der Waals surface area contributed by atoms with E-state index in [1.54, 1.807) is 0 Å². The maximum absolute atomic E-state index is 9.95. The van der Waals surface area contributed by atoms with Crippen LogP contribution in [0.5, 0.6) is 0 Å². The third kappa shape index (κ3) is 5.93. The van der Waals surface area contributed by atoms with Crippen LogP contribution in [-0.2, 0) is 11.3 Å². The van der Waals surface area contributed by atoms with Gasteiger partial charge in [0.15, 0.2) is 0 Å². The summed E-state index contributed by atoms with van der Waals surface area (Å²) < 4.78 is 5.54. The quantitative estimate of drug-likeness (QED) is 0.807. The number of aliphatic hydroxyl groups is 1. The highest BCUT2D eigenvalue weighted by Gasteiger charge is 2.17. The molecule has 0 spiro atoms. The minimum atomic E-state index is -0.479. The number of likely N-dealkylation sites (tertiary alicyclic amines) is 1. The summed E-state index contributed by atoms with van der Waals surface area (Å²) in [4.78, 5) is 2.33. The van der Waals surface area contributed by atoms with Crippen LogP contribution >= 0.6 is 11.6 Å². The van der Waals surface area contributed by atoms with Gasteiger partial charge < -0.3 is 20.1 Å². The zero-order valence-electron chi connectivity index (χ0n) is 12.6. The van der Waals surface area contributed by atoms with Gasteiger partial charge in [0.25, 0.3) is 0 Å². The largest absolute Gasteiger partial charge is 0.389 e. The number of piperidine rings is 1. The Labute approximate surface area is 132 Å². The molecule has 2 N–H and O–H groups in total. The molecule has 0 saturated carbocycles. The Kier molecular flexibility index (Phi) is 6.93. The van der Waals surface area contributed by atoms with Crippen molar-refractivity contribution in [3.8, 4) is 0 Å². The number of nitrogens with one attached hydrogen (secondary N) is 1. The fraction of sp³-hybridized carbons (Fsp3) is 0.625. The average molecular weight is 313 g/mol. The number of rotatable bonds is 7. The summed E-state index contributed by atoms with van der Waals surface area (Å²) in [5, 5.41) is 14.1. The zero-order valence-corrected chi connectivity index (χ0v) is 13.4. The molecule has 1 fully saturated rings. The van der Waals surface area contributed by atoms with E-state index in [-0.39, 0.29) is 0 Å². The van der Waals surface area contributed by atoms with Gasteiger partial charge in [0.2, 0.25) is 0 Å². The van der Waals surface area contributed by atoms with Crippen molar-refractivity contribution >= 4 is 11.6 Å². The van der Waals surface area contributed by atoms with Crippen molar-refractivity contribution in [1.29, 1.82) is 0 Å². The molecule has 1 saturated heterocycles. The van der Waals surface area contributed by atoms with Crippen LogP contribution in [0.25, 0.3) is 0 Å². The maximum Gasteiger partial charge on any atom is 0.0897 e. The molecule has 4 nitrogen and oxygen atoms in total. The second kappa shape index (κ2) is 8.71. The second-order valence-electron chi connectivity index (χ2n) is 5.75.